The fourth-order valence-electron chi connectivity index (χ4n) is 1.69. The molecule has 1 aliphatic heterocycles. The van der Waals surface area contributed by atoms with Gasteiger partial charge >= 0.3 is 6.09 Å². The average Bonchev–Trinajstić information content (AvgIpc) is 2.15. The molecule has 1 fully saturated rings. The molecule has 7 heteroatoms. The van der Waals surface area contributed by atoms with Crippen LogP contribution in [0.4, 0.5) is 4.79 Å². The van der Waals surface area contributed by atoms with Crippen molar-refractivity contribution in [2.75, 3.05) is 26.4 Å². The summed E-state index contributed by atoms with van der Waals surface area (Å²) in [6.45, 7) is 0.754. The molecule has 0 aromatic heterocycles. The van der Waals surface area contributed by atoms with E-state index in [1.54, 1.807) is 0 Å². The van der Waals surface area contributed by atoms with Crippen LogP contribution in [-0.2, 0) is 10.0 Å². The van der Waals surface area contributed by atoms with E-state index in [4.69, 9.17) is 5.11 Å². The molecule has 6 nitrogen and oxygen atoms in total. The van der Waals surface area contributed by atoms with E-state index in [0.717, 1.165) is 12.7 Å². The van der Waals surface area contributed by atoms with Crippen LogP contribution in [0.1, 0.15) is 12.8 Å². The van der Waals surface area contributed by atoms with E-state index in [2.05, 4.69) is 0 Å². The predicted molar refractivity (Wildman–Crippen MR) is 55.2 cm³/mol. The van der Waals surface area contributed by atoms with Crippen LogP contribution in [0.5, 0.6) is 0 Å². The minimum Gasteiger partial charge on any atom is -0.465 e. The van der Waals surface area contributed by atoms with E-state index in [1.807, 2.05) is 0 Å². The number of carboxylic acid groups (broad SMARTS) is 1. The Bertz CT molecular complexity index is 341. The monoisotopic (exact) mass is 236 g/mol. The smallest absolute Gasteiger partial charge is 0.407 e. The highest BCUT2D eigenvalue weighted by molar-refractivity contribution is 7.88. The van der Waals surface area contributed by atoms with Crippen molar-refractivity contribution >= 4 is 16.1 Å². The molecule has 1 N–H and O–H groups in total. The molecular formula is C8H16N2O4S. The summed E-state index contributed by atoms with van der Waals surface area (Å²) in [5, 5.41) is 8.78. The molecular weight excluding hydrogens is 220 g/mol. The largest absolute Gasteiger partial charge is 0.465 e. The molecule has 1 atom stereocenters. The predicted octanol–water partition coefficient (Wildman–Crippen LogP) is 0.0202. The van der Waals surface area contributed by atoms with Gasteiger partial charge in [-0.2, -0.15) is 0 Å². The second kappa shape index (κ2) is 4.36. The zero-order chi connectivity index (χ0) is 11.6. The van der Waals surface area contributed by atoms with Crippen molar-refractivity contribution in [3.05, 3.63) is 0 Å². The number of carbonyl (C=O) groups is 1. The number of likely N-dealkylation sites (N-methyl/N-ethyl adjacent to an activating group) is 1. The van der Waals surface area contributed by atoms with Gasteiger partial charge < -0.3 is 10.0 Å². The Morgan fingerprint density at radius 3 is 2.60 bits per heavy atom. The van der Waals surface area contributed by atoms with Crippen LogP contribution in [0.15, 0.2) is 0 Å². The molecule has 1 unspecified atom stereocenters. The highest BCUT2D eigenvalue weighted by Gasteiger charge is 2.29. The number of amides is 1. The van der Waals surface area contributed by atoms with Crippen molar-refractivity contribution in [3.8, 4) is 0 Å². The van der Waals surface area contributed by atoms with Gasteiger partial charge in [-0.15, -0.1) is 0 Å². The summed E-state index contributed by atoms with van der Waals surface area (Å²) in [4.78, 5) is 11.9. The Morgan fingerprint density at radius 1 is 1.53 bits per heavy atom. The maximum atomic E-state index is 11.3. The minimum atomic E-state index is -3.20. The topological polar surface area (TPSA) is 77.9 Å². The van der Waals surface area contributed by atoms with Crippen molar-refractivity contribution < 1.29 is 18.3 Å². The molecule has 0 saturated carbocycles. The fourth-order valence-corrected chi connectivity index (χ4v) is 2.60. The maximum Gasteiger partial charge on any atom is 0.407 e. The molecule has 0 aliphatic carbocycles. The molecule has 1 rings (SSSR count). The van der Waals surface area contributed by atoms with E-state index in [-0.39, 0.29) is 12.6 Å². The van der Waals surface area contributed by atoms with E-state index in [0.29, 0.717) is 13.0 Å². The summed E-state index contributed by atoms with van der Waals surface area (Å²) < 4.78 is 23.9. The molecule has 0 aromatic carbocycles. The van der Waals surface area contributed by atoms with Crippen LogP contribution in [0.2, 0.25) is 0 Å². The van der Waals surface area contributed by atoms with Crippen molar-refractivity contribution in [3.63, 3.8) is 0 Å². The van der Waals surface area contributed by atoms with Crippen LogP contribution in [0, 0.1) is 0 Å². The Morgan fingerprint density at radius 2 is 2.13 bits per heavy atom. The van der Waals surface area contributed by atoms with Gasteiger partial charge in [0.25, 0.3) is 0 Å². The molecule has 0 aromatic rings. The van der Waals surface area contributed by atoms with Gasteiger partial charge in [-0.3, -0.25) is 0 Å². The minimum absolute atomic E-state index is 0.231. The number of sulfonamides is 1. The van der Waals surface area contributed by atoms with Crippen molar-refractivity contribution in [2.45, 2.75) is 18.9 Å². The van der Waals surface area contributed by atoms with Crippen molar-refractivity contribution in [1.82, 2.24) is 9.21 Å². The Kier molecular flexibility index (Phi) is 3.56. The Labute approximate surface area is 89.5 Å². The third-order valence-corrected chi connectivity index (χ3v) is 3.95. The first kappa shape index (κ1) is 12.3. The SMILES string of the molecule is CN(C(=O)O)C1CCCN(S(C)(=O)=O)C1. The molecule has 15 heavy (non-hydrogen) atoms. The van der Waals surface area contributed by atoms with Gasteiger partial charge in [-0.05, 0) is 12.8 Å². The van der Waals surface area contributed by atoms with Gasteiger partial charge in [-0.1, -0.05) is 0 Å². The first-order chi connectivity index (χ1) is 6.82. The van der Waals surface area contributed by atoms with Gasteiger partial charge in [0.1, 0.15) is 0 Å². The number of hydrogen-bond acceptors (Lipinski definition) is 3. The number of hydrogen-bond donors (Lipinski definition) is 1. The van der Waals surface area contributed by atoms with Gasteiger partial charge in [0.2, 0.25) is 10.0 Å². The standard InChI is InChI=1S/C8H16N2O4S/c1-9(8(11)12)7-4-3-5-10(6-7)15(2,13)14/h7H,3-6H2,1-2H3,(H,11,12). The van der Waals surface area contributed by atoms with Crippen LogP contribution in [-0.4, -0.2) is 61.3 Å². The zero-order valence-corrected chi connectivity index (χ0v) is 9.70. The summed E-state index contributed by atoms with van der Waals surface area (Å²) in [5.41, 5.74) is 0. The molecule has 0 bridgehead atoms. The molecule has 0 radical (unpaired) electrons. The van der Waals surface area contributed by atoms with Crippen LogP contribution in [0.25, 0.3) is 0 Å². The normalized spacial score (nSPS) is 23.7. The quantitative estimate of drug-likeness (QED) is 0.733. The fraction of sp³-hybridized carbons (Fsp3) is 0.875. The van der Waals surface area contributed by atoms with Gasteiger partial charge in [0.05, 0.1) is 6.26 Å². The number of piperidine rings is 1. The lowest BCUT2D eigenvalue weighted by molar-refractivity contribution is 0.118. The molecule has 1 aliphatic rings. The van der Waals surface area contributed by atoms with Gasteiger partial charge in [-0.25, -0.2) is 17.5 Å². The third kappa shape index (κ3) is 3.07. The summed E-state index contributed by atoms with van der Waals surface area (Å²) in [6.07, 6.45) is 1.55. The maximum absolute atomic E-state index is 11.3. The highest BCUT2D eigenvalue weighted by Crippen LogP contribution is 2.16. The molecule has 0 spiro atoms. The second-order valence-corrected chi connectivity index (χ2v) is 5.79. The van der Waals surface area contributed by atoms with Crippen LogP contribution in [0.3, 0.4) is 0 Å². The summed E-state index contributed by atoms with van der Waals surface area (Å²) in [6, 6.07) is -0.231. The first-order valence-corrected chi connectivity index (χ1v) is 6.58. The lowest BCUT2D eigenvalue weighted by Gasteiger charge is -2.34. The molecule has 88 valence electrons. The van der Waals surface area contributed by atoms with Crippen LogP contribution >= 0.6 is 0 Å². The Balaban J connectivity index is 2.68. The lowest BCUT2D eigenvalue weighted by Crippen LogP contribution is -2.49. The molecule has 1 amide bonds. The van der Waals surface area contributed by atoms with E-state index in [1.165, 1.54) is 16.3 Å². The van der Waals surface area contributed by atoms with Crippen molar-refractivity contribution in [1.29, 1.82) is 0 Å². The van der Waals surface area contributed by atoms with Gasteiger partial charge in [0, 0.05) is 26.2 Å². The van der Waals surface area contributed by atoms with Crippen molar-refractivity contribution in [2.24, 2.45) is 0 Å². The van der Waals surface area contributed by atoms with E-state index < -0.39 is 16.1 Å². The van der Waals surface area contributed by atoms with Gasteiger partial charge in [0.15, 0.2) is 0 Å². The zero-order valence-electron chi connectivity index (χ0n) is 8.88. The van der Waals surface area contributed by atoms with E-state index >= 15 is 0 Å². The summed E-state index contributed by atoms with van der Waals surface area (Å²) in [7, 11) is -1.73. The average molecular weight is 236 g/mol. The third-order valence-electron chi connectivity index (χ3n) is 2.68. The molecule has 1 saturated heterocycles. The summed E-state index contributed by atoms with van der Waals surface area (Å²) in [5.74, 6) is 0. The number of rotatable bonds is 2. The Hall–Kier alpha value is -0.820. The second-order valence-electron chi connectivity index (χ2n) is 3.81. The van der Waals surface area contributed by atoms with E-state index in [9.17, 15) is 13.2 Å². The molecule has 1 heterocycles. The summed E-state index contributed by atoms with van der Waals surface area (Å²) >= 11 is 0. The van der Waals surface area contributed by atoms with Crippen LogP contribution < -0.4 is 0 Å². The highest BCUT2D eigenvalue weighted by atomic mass is 32.2. The first-order valence-electron chi connectivity index (χ1n) is 4.73. The lowest BCUT2D eigenvalue weighted by atomic mass is 10.1. The number of nitrogens with zero attached hydrogens (tertiary/aromatic N) is 2.